The third-order valence-electron chi connectivity index (χ3n) is 5.06. The van der Waals surface area contributed by atoms with Gasteiger partial charge >= 0.3 is 11.7 Å². The lowest BCUT2D eigenvalue weighted by Crippen LogP contribution is -2.27. The van der Waals surface area contributed by atoms with Gasteiger partial charge in [0.1, 0.15) is 17.1 Å². The lowest BCUT2D eigenvalue weighted by Gasteiger charge is -2.14. The number of amides is 2. The Hall–Kier alpha value is -3.86. The number of primary amides is 1. The number of nitrogens with two attached hydrogens (primary N) is 1. The number of fused-ring (bicyclic) bond motifs is 1. The van der Waals surface area contributed by atoms with Crippen LogP contribution in [0.3, 0.4) is 0 Å². The zero-order valence-electron chi connectivity index (χ0n) is 19.2. The molecular weight excluding hydrogens is 462 g/mol. The molecule has 0 atom stereocenters. The number of rotatable bonds is 7. The maximum atomic E-state index is 12.8. The predicted molar refractivity (Wildman–Crippen MR) is 128 cm³/mol. The molecule has 0 aliphatic heterocycles. The highest BCUT2D eigenvalue weighted by atomic mass is 32.2. The molecule has 0 aliphatic rings. The lowest BCUT2D eigenvalue weighted by molar-refractivity contribution is -0.115. The van der Waals surface area contributed by atoms with E-state index in [0.29, 0.717) is 27.6 Å². The summed E-state index contributed by atoms with van der Waals surface area (Å²) in [5, 5.41) is 0.690. The van der Waals surface area contributed by atoms with E-state index in [-0.39, 0.29) is 23.4 Å². The average molecular weight is 488 g/mol. The average Bonchev–Trinajstić information content (AvgIpc) is 2.71. The minimum Gasteiger partial charge on any atom is -0.422 e. The first-order chi connectivity index (χ1) is 15.9. The molecule has 2 aromatic carbocycles. The standard InChI is InChI=1S/C23H25N3O7S/c1-13-8-17-14(2)18(22(28)32-20(17)11-19(13)33-23(29)26(3)4)10-15-6-5-7-16(9-15)25-34(30,31)12-21(24)27/h5-9,11,25H,10,12H2,1-4H3,(H2,24,27). The van der Waals surface area contributed by atoms with Gasteiger partial charge in [-0.2, -0.15) is 0 Å². The van der Waals surface area contributed by atoms with Gasteiger partial charge in [-0.3, -0.25) is 9.52 Å². The minimum atomic E-state index is -3.94. The number of nitrogens with zero attached hydrogens (tertiary/aromatic N) is 1. The Kier molecular flexibility index (Phi) is 6.96. The van der Waals surface area contributed by atoms with Gasteiger partial charge in [0, 0.05) is 43.2 Å². The SMILES string of the molecule is Cc1cc2c(C)c(Cc3cccc(NS(=O)(=O)CC(N)=O)c3)c(=O)oc2cc1OC(=O)N(C)C. The van der Waals surface area contributed by atoms with E-state index in [4.69, 9.17) is 14.9 Å². The molecule has 11 heteroatoms. The number of hydrogen-bond donors (Lipinski definition) is 2. The molecule has 0 unspecified atom stereocenters. The molecule has 10 nitrogen and oxygen atoms in total. The van der Waals surface area contributed by atoms with E-state index in [1.165, 1.54) is 17.0 Å². The van der Waals surface area contributed by atoms with Gasteiger partial charge in [0.25, 0.3) is 0 Å². The van der Waals surface area contributed by atoms with Crippen LogP contribution in [0.25, 0.3) is 11.0 Å². The number of anilines is 1. The molecule has 0 bridgehead atoms. The zero-order valence-corrected chi connectivity index (χ0v) is 20.0. The molecule has 0 aliphatic carbocycles. The third-order valence-corrected chi connectivity index (χ3v) is 6.27. The van der Waals surface area contributed by atoms with Crippen LogP contribution in [0.1, 0.15) is 22.3 Å². The number of benzene rings is 2. The normalized spacial score (nSPS) is 11.3. The van der Waals surface area contributed by atoms with Gasteiger partial charge in [-0.15, -0.1) is 0 Å². The third kappa shape index (κ3) is 5.73. The van der Waals surface area contributed by atoms with Crippen molar-refractivity contribution in [2.24, 2.45) is 5.73 Å². The van der Waals surface area contributed by atoms with Crippen molar-refractivity contribution in [2.45, 2.75) is 20.3 Å². The summed E-state index contributed by atoms with van der Waals surface area (Å²) in [5.41, 5.74) is 7.38. The van der Waals surface area contributed by atoms with Crippen molar-refractivity contribution in [3.8, 4) is 5.75 Å². The number of nitrogens with one attached hydrogen (secondary N) is 1. The Balaban J connectivity index is 1.95. The Bertz CT molecular complexity index is 1440. The molecule has 180 valence electrons. The van der Waals surface area contributed by atoms with E-state index in [2.05, 4.69) is 4.72 Å². The summed E-state index contributed by atoms with van der Waals surface area (Å²) >= 11 is 0. The molecular formula is C23H25N3O7S. The van der Waals surface area contributed by atoms with Gasteiger partial charge in [-0.1, -0.05) is 12.1 Å². The van der Waals surface area contributed by atoms with Gasteiger partial charge < -0.3 is 19.8 Å². The highest BCUT2D eigenvalue weighted by Gasteiger charge is 2.18. The monoisotopic (exact) mass is 487 g/mol. The van der Waals surface area contributed by atoms with Gasteiger partial charge in [0.05, 0.1) is 0 Å². The summed E-state index contributed by atoms with van der Waals surface area (Å²) < 4.78 is 37.1. The Labute approximate surface area is 196 Å². The lowest BCUT2D eigenvalue weighted by atomic mass is 9.98. The second kappa shape index (κ2) is 9.56. The van der Waals surface area contributed by atoms with Crippen LogP contribution in [0.5, 0.6) is 5.75 Å². The molecule has 3 rings (SSSR count). The fourth-order valence-electron chi connectivity index (χ4n) is 3.38. The largest absolute Gasteiger partial charge is 0.422 e. The number of ether oxygens (including phenoxy) is 1. The Morgan fingerprint density at radius 1 is 1.15 bits per heavy atom. The fourth-order valence-corrected chi connectivity index (χ4v) is 4.31. The van der Waals surface area contributed by atoms with E-state index in [0.717, 1.165) is 0 Å². The molecule has 0 saturated carbocycles. The molecule has 3 N–H and O–H groups in total. The summed E-state index contributed by atoms with van der Waals surface area (Å²) in [6, 6.07) is 9.76. The van der Waals surface area contributed by atoms with Crippen molar-refractivity contribution in [3.05, 3.63) is 69.1 Å². The van der Waals surface area contributed by atoms with Crippen molar-refractivity contribution in [2.75, 3.05) is 24.6 Å². The van der Waals surface area contributed by atoms with Crippen molar-refractivity contribution in [1.82, 2.24) is 4.90 Å². The van der Waals surface area contributed by atoms with Gasteiger partial charge in [0.15, 0.2) is 0 Å². The summed E-state index contributed by atoms with van der Waals surface area (Å²) in [4.78, 5) is 36.9. The van der Waals surface area contributed by atoms with E-state index < -0.39 is 33.4 Å². The van der Waals surface area contributed by atoms with E-state index >= 15 is 0 Å². The Morgan fingerprint density at radius 2 is 1.85 bits per heavy atom. The van der Waals surface area contributed by atoms with E-state index in [9.17, 15) is 22.8 Å². The highest BCUT2D eigenvalue weighted by Crippen LogP contribution is 2.29. The topological polar surface area (TPSA) is 149 Å². The molecule has 3 aromatic rings. The number of hydrogen-bond acceptors (Lipinski definition) is 7. The van der Waals surface area contributed by atoms with Crippen LogP contribution in [0.15, 0.2) is 45.6 Å². The maximum absolute atomic E-state index is 12.8. The molecule has 2 amide bonds. The number of carbonyl (C=O) groups is 2. The second-order valence-corrected chi connectivity index (χ2v) is 9.80. The predicted octanol–water partition coefficient (Wildman–Crippen LogP) is 2.29. The van der Waals surface area contributed by atoms with Gasteiger partial charge in [0.2, 0.25) is 15.9 Å². The van der Waals surface area contributed by atoms with Crippen LogP contribution in [0, 0.1) is 13.8 Å². The van der Waals surface area contributed by atoms with Crippen molar-refractivity contribution < 1.29 is 27.2 Å². The number of aryl methyl sites for hydroxylation is 2. The molecule has 0 fully saturated rings. The quantitative estimate of drug-likeness (QED) is 0.486. The molecule has 0 radical (unpaired) electrons. The smallest absolute Gasteiger partial charge is 0.414 e. The van der Waals surface area contributed by atoms with E-state index in [1.807, 2.05) is 0 Å². The molecule has 1 heterocycles. The second-order valence-electron chi connectivity index (χ2n) is 8.07. The van der Waals surface area contributed by atoms with Crippen LogP contribution >= 0.6 is 0 Å². The van der Waals surface area contributed by atoms with Gasteiger partial charge in [-0.25, -0.2) is 18.0 Å². The summed E-state index contributed by atoms with van der Waals surface area (Å²) in [6.45, 7) is 3.57. The first-order valence-corrected chi connectivity index (χ1v) is 11.9. The molecule has 0 saturated heterocycles. The first kappa shape index (κ1) is 24.8. The minimum absolute atomic E-state index is 0.186. The van der Waals surface area contributed by atoms with Gasteiger partial charge in [-0.05, 0) is 48.7 Å². The maximum Gasteiger partial charge on any atom is 0.414 e. The molecule has 0 spiro atoms. The summed E-state index contributed by atoms with van der Waals surface area (Å²) in [6.07, 6.45) is -0.365. The number of sulfonamides is 1. The van der Waals surface area contributed by atoms with Crippen LogP contribution in [0.4, 0.5) is 10.5 Å². The van der Waals surface area contributed by atoms with Crippen molar-refractivity contribution in [1.29, 1.82) is 0 Å². The fraction of sp³-hybridized carbons (Fsp3) is 0.261. The van der Waals surface area contributed by atoms with Crippen LogP contribution in [0.2, 0.25) is 0 Å². The van der Waals surface area contributed by atoms with Crippen LogP contribution < -0.4 is 20.8 Å². The summed E-state index contributed by atoms with van der Waals surface area (Å²) in [7, 11) is -0.810. The summed E-state index contributed by atoms with van der Waals surface area (Å²) in [5.74, 6) is -1.52. The molecule has 1 aromatic heterocycles. The van der Waals surface area contributed by atoms with Crippen molar-refractivity contribution >= 4 is 38.7 Å². The molecule has 34 heavy (non-hydrogen) atoms. The highest BCUT2D eigenvalue weighted by molar-refractivity contribution is 7.93. The van der Waals surface area contributed by atoms with Crippen LogP contribution in [-0.4, -0.2) is 45.2 Å². The Morgan fingerprint density at radius 3 is 2.50 bits per heavy atom. The van der Waals surface area contributed by atoms with E-state index in [1.54, 1.807) is 52.2 Å². The van der Waals surface area contributed by atoms with Crippen LogP contribution in [-0.2, 0) is 21.2 Å². The van der Waals surface area contributed by atoms with Crippen molar-refractivity contribution in [3.63, 3.8) is 0 Å². The zero-order chi connectivity index (χ0) is 25.2. The first-order valence-electron chi connectivity index (χ1n) is 10.2. The number of carbonyl (C=O) groups excluding carboxylic acids is 2.